The third-order valence-corrected chi connectivity index (χ3v) is 5.42. The number of nitrogens with zero attached hydrogens (tertiary/aromatic N) is 1. The largest absolute Gasteiger partial charge is 0.481 e. The summed E-state index contributed by atoms with van der Waals surface area (Å²) in [5.74, 6) is -0.436. The molecule has 2 fully saturated rings. The maximum absolute atomic E-state index is 12.6. The molecule has 22 heavy (non-hydrogen) atoms. The van der Waals surface area contributed by atoms with Crippen molar-refractivity contribution in [2.75, 3.05) is 6.54 Å². The van der Waals surface area contributed by atoms with Gasteiger partial charge in [-0.05, 0) is 31.7 Å². The molecule has 118 valence electrons. The molecule has 4 nitrogen and oxygen atoms in total. The highest BCUT2D eigenvalue weighted by molar-refractivity contribution is 5.86. The molecule has 0 radical (unpaired) electrons. The van der Waals surface area contributed by atoms with Crippen LogP contribution in [0.4, 0.5) is 0 Å². The average molecular weight is 301 g/mol. The van der Waals surface area contributed by atoms with Crippen LogP contribution in [0, 0.1) is 5.41 Å². The Morgan fingerprint density at radius 2 is 1.95 bits per heavy atom. The summed E-state index contributed by atoms with van der Waals surface area (Å²) >= 11 is 0. The van der Waals surface area contributed by atoms with Crippen molar-refractivity contribution in [3.8, 4) is 0 Å². The molecule has 2 unspecified atom stereocenters. The monoisotopic (exact) mass is 301 g/mol. The van der Waals surface area contributed by atoms with E-state index in [1.165, 1.54) is 5.56 Å². The van der Waals surface area contributed by atoms with E-state index in [1.807, 2.05) is 23.1 Å². The van der Waals surface area contributed by atoms with Crippen molar-refractivity contribution < 1.29 is 14.7 Å². The Bertz CT molecular complexity index is 565. The van der Waals surface area contributed by atoms with E-state index < -0.39 is 11.4 Å². The van der Waals surface area contributed by atoms with Crippen LogP contribution in [0.15, 0.2) is 30.3 Å². The second kappa shape index (κ2) is 5.75. The summed E-state index contributed by atoms with van der Waals surface area (Å²) in [6, 6.07) is 10.4. The highest BCUT2D eigenvalue weighted by Gasteiger charge is 2.47. The molecule has 1 saturated carbocycles. The molecule has 1 N–H and O–H groups in total. The zero-order chi connectivity index (χ0) is 15.7. The third kappa shape index (κ3) is 2.62. The molecule has 1 aliphatic carbocycles. The zero-order valence-corrected chi connectivity index (χ0v) is 13.0. The molecule has 2 aliphatic rings. The second-order valence-electron chi connectivity index (χ2n) is 6.85. The fraction of sp³-hybridized carbons (Fsp3) is 0.556. The molecule has 1 aromatic carbocycles. The number of carbonyl (C=O) groups excluding carboxylic acids is 1. The van der Waals surface area contributed by atoms with Gasteiger partial charge in [0.1, 0.15) is 0 Å². The van der Waals surface area contributed by atoms with Crippen molar-refractivity contribution in [3.05, 3.63) is 35.9 Å². The van der Waals surface area contributed by atoms with E-state index >= 15 is 0 Å². The molecule has 0 aromatic heterocycles. The molecule has 1 saturated heterocycles. The lowest BCUT2D eigenvalue weighted by Gasteiger charge is -2.38. The minimum atomic E-state index is -0.807. The lowest BCUT2D eigenvalue weighted by Crippen LogP contribution is -2.44. The number of likely N-dealkylation sites (tertiary alicyclic amines) is 1. The van der Waals surface area contributed by atoms with Gasteiger partial charge >= 0.3 is 5.97 Å². The molecule has 1 amide bonds. The number of hydrogen-bond donors (Lipinski definition) is 1. The van der Waals surface area contributed by atoms with Crippen molar-refractivity contribution in [1.82, 2.24) is 4.90 Å². The van der Waals surface area contributed by atoms with Crippen LogP contribution in [-0.2, 0) is 9.59 Å². The number of benzene rings is 1. The summed E-state index contributed by atoms with van der Waals surface area (Å²) in [6.07, 6.45) is 3.31. The first-order valence-corrected chi connectivity index (χ1v) is 8.10. The van der Waals surface area contributed by atoms with E-state index in [2.05, 4.69) is 19.1 Å². The van der Waals surface area contributed by atoms with Crippen molar-refractivity contribution in [2.24, 2.45) is 5.41 Å². The van der Waals surface area contributed by atoms with Crippen LogP contribution in [0.1, 0.15) is 50.5 Å². The molecule has 4 heteroatoms. The van der Waals surface area contributed by atoms with Crippen LogP contribution < -0.4 is 0 Å². The summed E-state index contributed by atoms with van der Waals surface area (Å²) in [6.45, 7) is 2.77. The average Bonchev–Trinajstić information content (AvgIpc) is 2.85. The maximum Gasteiger partial charge on any atom is 0.310 e. The van der Waals surface area contributed by atoms with Crippen molar-refractivity contribution in [3.63, 3.8) is 0 Å². The third-order valence-electron chi connectivity index (χ3n) is 5.42. The normalized spacial score (nSPS) is 26.5. The Morgan fingerprint density at radius 1 is 1.27 bits per heavy atom. The van der Waals surface area contributed by atoms with Crippen LogP contribution in [-0.4, -0.2) is 34.5 Å². The number of amides is 1. The Hall–Kier alpha value is -1.84. The summed E-state index contributed by atoms with van der Waals surface area (Å²) in [4.78, 5) is 25.9. The highest BCUT2D eigenvalue weighted by Crippen LogP contribution is 2.45. The number of carbonyl (C=O) groups is 2. The Morgan fingerprint density at radius 3 is 2.50 bits per heavy atom. The minimum absolute atomic E-state index is 0.00744. The van der Waals surface area contributed by atoms with Gasteiger partial charge in [0.2, 0.25) is 5.91 Å². The van der Waals surface area contributed by atoms with Crippen molar-refractivity contribution in [1.29, 1.82) is 0 Å². The van der Waals surface area contributed by atoms with Gasteiger partial charge in [0, 0.05) is 24.9 Å². The molecule has 1 heterocycles. The van der Waals surface area contributed by atoms with Gasteiger partial charge in [-0.15, -0.1) is 0 Å². The van der Waals surface area contributed by atoms with Gasteiger partial charge in [0.25, 0.3) is 0 Å². The van der Waals surface area contributed by atoms with E-state index in [0.29, 0.717) is 25.3 Å². The molecule has 2 atom stereocenters. The summed E-state index contributed by atoms with van der Waals surface area (Å²) in [7, 11) is 0. The molecular weight excluding hydrogens is 278 g/mol. The quantitative estimate of drug-likeness (QED) is 0.930. The summed E-state index contributed by atoms with van der Waals surface area (Å²) in [5, 5.41) is 9.40. The molecular formula is C18H23NO3. The molecule has 0 spiro atoms. The fourth-order valence-corrected chi connectivity index (χ4v) is 3.81. The van der Waals surface area contributed by atoms with E-state index in [-0.39, 0.29) is 18.4 Å². The summed E-state index contributed by atoms with van der Waals surface area (Å²) < 4.78 is 0. The molecule has 1 aliphatic heterocycles. The fourth-order valence-electron chi connectivity index (χ4n) is 3.81. The first-order valence-electron chi connectivity index (χ1n) is 8.10. The molecule has 0 bridgehead atoms. The number of aliphatic carboxylic acids is 1. The van der Waals surface area contributed by atoms with Crippen molar-refractivity contribution >= 4 is 11.9 Å². The predicted molar refractivity (Wildman–Crippen MR) is 83.5 cm³/mol. The van der Waals surface area contributed by atoms with E-state index in [0.717, 1.165) is 12.8 Å². The maximum atomic E-state index is 12.6. The van der Waals surface area contributed by atoms with Crippen LogP contribution in [0.2, 0.25) is 0 Å². The van der Waals surface area contributed by atoms with E-state index in [1.54, 1.807) is 0 Å². The predicted octanol–water partition coefficient (Wildman–Crippen LogP) is 3.04. The first kappa shape index (κ1) is 15.1. The standard InChI is InChI=1S/C18H23NO3/c1-13-10-15(14-6-3-2-4-7-14)12-19(13)16(20)11-18(17(21)22)8-5-9-18/h2-4,6-7,13,15H,5,8-12H2,1H3,(H,21,22). The lowest BCUT2D eigenvalue weighted by atomic mass is 9.66. The minimum Gasteiger partial charge on any atom is -0.481 e. The van der Waals surface area contributed by atoms with Gasteiger partial charge in [0.05, 0.1) is 5.41 Å². The van der Waals surface area contributed by atoms with Gasteiger partial charge in [-0.1, -0.05) is 36.8 Å². The molecule has 3 rings (SSSR count). The Kier molecular flexibility index (Phi) is 3.94. The highest BCUT2D eigenvalue weighted by atomic mass is 16.4. The van der Waals surface area contributed by atoms with Crippen molar-refractivity contribution in [2.45, 2.75) is 51.0 Å². The smallest absolute Gasteiger partial charge is 0.310 e. The number of hydrogen-bond acceptors (Lipinski definition) is 2. The van der Waals surface area contributed by atoms with Crippen LogP contribution in [0.5, 0.6) is 0 Å². The zero-order valence-electron chi connectivity index (χ0n) is 13.0. The van der Waals surface area contributed by atoms with Crippen LogP contribution >= 0.6 is 0 Å². The second-order valence-corrected chi connectivity index (χ2v) is 6.85. The van der Waals surface area contributed by atoms with Gasteiger partial charge in [0.15, 0.2) is 0 Å². The SMILES string of the molecule is CC1CC(c2ccccc2)CN1C(=O)CC1(C(=O)O)CCC1. The van der Waals surface area contributed by atoms with E-state index in [4.69, 9.17) is 0 Å². The van der Waals surface area contributed by atoms with Gasteiger partial charge in [-0.25, -0.2) is 0 Å². The topological polar surface area (TPSA) is 57.6 Å². The van der Waals surface area contributed by atoms with Gasteiger partial charge < -0.3 is 10.0 Å². The van der Waals surface area contributed by atoms with Gasteiger partial charge in [-0.2, -0.15) is 0 Å². The van der Waals surface area contributed by atoms with Crippen LogP contribution in [0.3, 0.4) is 0 Å². The number of rotatable bonds is 4. The van der Waals surface area contributed by atoms with Gasteiger partial charge in [-0.3, -0.25) is 9.59 Å². The van der Waals surface area contributed by atoms with E-state index in [9.17, 15) is 14.7 Å². The summed E-state index contributed by atoms with van der Waals surface area (Å²) in [5.41, 5.74) is 0.475. The molecule has 1 aromatic rings. The Balaban J connectivity index is 1.67. The first-order chi connectivity index (χ1) is 10.5. The lowest BCUT2D eigenvalue weighted by molar-refractivity contribution is -0.159. The van der Waals surface area contributed by atoms with Crippen LogP contribution in [0.25, 0.3) is 0 Å². The Labute approximate surface area is 131 Å². The number of carboxylic acids is 1. The number of carboxylic acid groups (broad SMARTS) is 1.